The first-order valence-corrected chi connectivity index (χ1v) is 5.62. The highest BCUT2D eigenvalue weighted by molar-refractivity contribution is 5.40. The number of methoxy groups -OCH3 is 1. The average Bonchev–Trinajstić information content (AvgIpc) is 2.83. The van der Waals surface area contributed by atoms with Crippen molar-refractivity contribution in [2.24, 2.45) is 0 Å². The maximum absolute atomic E-state index is 8.71. The van der Waals surface area contributed by atoms with Gasteiger partial charge in [0.25, 0.3) is 0 Å². The molecule has 0 bridgehead atoms. The normalized spacial score (nSPS) is 19.4. The molecule has 1 saturated heterocycles. The summed E-state index contributed by atoms with van der Waals surface area (Å²) in [7, 11) is 1.69. The Morgan fingerprint density at radius 3 is 3.06 bits per heavy atom. The van der Waals surface area contributed by atoms with E-state index in [-0.39, 0.29) is 0 Å². The Morgan fingerprint density at radius 2 is 2.44 bits per heavy atom. The van der Waals surface area contributed by atoms with E-state index in [9.17, 15) is 0 Å². The summed E-state index contributed by atoms with van der Waals surface area (Å²) in [5, 5.41) is 12.2. The van der Waals surface area contributed by atoms with E-state index in [1.165, 1.54) is 12.0 Å². The van der Waals surface area contributed by atoms with Gasteiger partial charge >= 0.3 is 0 Å². The van der Waals surface area contributed by atoms with Crippen molar-refractivity contribution in [3.63, 3.8) is 0 Å². The molecule has 2 rings (SSSR count). The second-order valence-corrected chi connectivity index (χ2v) is 4.06. The molecule has 1 aromatic rings. The smallest absolute Gasteiger partial charge is 0.123 e. The third kappa shape index (κ3) is 2.17. The van der Waals surface area contributed by atoms with Crippen LogP contribution in [0, 0.1) is 11.3 Å². The van der Waals surface area contributed by atoms with Crippen molar-refractivity contribution in [2.45, 2.75) is 25.3 Å². The topological polar surface area (TPSA) is 45.0 Å². The van der Waals surface area contributed by atoms with Gasteiger partial charge in [-0.1, -0.05) is 6.07 Å². The summed E-state index contributed by atoms with van der Waals surface area (Å²) in [6, 6.07) is 8.57. The number of ether oxygens (including phenoxy) is 1. The first kappa shape index (κ1) is 11.0. The van der Waals surface area contributed by atoms with Gasteiger partial charge in [-0.2, -0.15) is 5.26 Å². The van der Waals surface area contributed by atoms with Crippen LogP contribution in [0.5, 0.6) is 5.75 Å². The predicted octanol–water partition coefficient (Wildman–Crippen LogP) is 2.19. The zero-order chi connectivity index (χ0) is 11.4. The fourth-order valence-electron chi connectivity index (χ4n) is 2.21. The predicted molar refractivity (Wildman–Crippen MR) is 62.3 cm³/mol. The number of hydrogen-bond donors (Lipinski definition) is 1. The van der Waals surface area contributed by atoms with Crippen LogP contribution in [0.2, 0.25) is 0 Å². The fraction of sp³-hybridized carbons (Fsp3) is 0.462. The van der Waals surface area contributed by atoms with E-state index in [0.717, 1.165) is 24.3 Å². The Bertz CT molecular complexity index is 403. The molecule has 3 heteroatoms. The van der Waals surface area contributed by atoms with Crippen LogP contribution in [0.4, 0.5) is 0 Å². The van der Waals surface area contributed by atoms with Gasteiger partial charge in [0, 0.05) is 11.6 Å². The molecule has 1 aliphatic rings. The van der Waals surface area contributed by atoms with Crippen LogP contribution in [-0.4, -0.2) is 13.7 Å². The first-order chi connectivity index (χ1) is 7.85. The lowest BCUT2D eigenvalue weighted by Gasteiger charge is -2.15. The largest absolute Gasteiger partial charge is 0.496 e. The fourth-order valence-corrected chi connectivity index (χ4v) is 2.21. The van der Waals surface area contributed by atoms with E-state index in [1.54, 1.807) is 7.11 Å². The summed E-state index contributed by atoms with van der Waals surface area (Å²) in [6.45, 7) is 1.07. The molecule has 1 atom stereocenters. The van der Waals surface area contributed by atoms with Crippen LogP contribution in [0.1, 0.15) is 30.0 Å². The van der Waals surface area contributed by atoms with E-state index in [2.05, 4.69) is 17.5 Å². The number of benzene rings is 1. The Kier molecular flexibility index (Phi) is 3.43. The van der Waals surface area contributed by atoms with Crippen LogP contribution in [0.25, 0.3) is 0 Å². The maximum atomic E-state index is 8.71. The molecule has 0 amide bonds. The van der Waals surface area contributed by atoms with Crippen molar-refractivity contribution < 1.29 is 4.74 Å². The second-order valence-electron chi connectivity index (χ2n) is 4.06. The third-order valence-electron chi connectivity index (χ3n) is 3.01. The summed E-state index contributed by atoms with van der Waals surface area (Å²) in [6.07, 6.45) is 2.81. The van der Waals surface area contributed by atoms with Gasteiger partial charge in [0.15, 0.2) is 0 Å². The zero-order valence-corrected chi connectivity index (χ0v) is 9.49. The van der Waals surface area contributed by atoms with Crippen molar-refractivity contribution in [2.75, 3.05) is 13.7 Å². The van der Waals surface area contributed by atoms with E-state index in [1.807, 2.05) is 12.1 Å². The molecule has 0 spiro atoms. The number of nitrogens with one attached hydrogen (secondary N) is 1. The first-order valence-electron chi connectivity index (χ1n) is 5.62. The molecule has 1 heterocycles. The number of nitriles is 1. The monoisotopic (exact) mass is 216 g/mol. The SMILES string of the molecule is COc1ccc(CC#N)cc1[C@@H]1CCCN1. The van der Waals surface area contributed by atoms with Gasteiger partial charge < -0.3 is 10.1 Å². The van der Waals surface area contributed by atoms with Crippen molar-refractivity contribution in [3.8, 4) is 11.8 Å². The summed E-state index contributed by atoms with van der Waals surface area (Å²) >= 11 is 0. The van der Waals surface area contributed by atoms with E-state index in [0.29, 0.717) is 12.5 Å². The molecule has 1 N–H and O–H groups in total. The quantitative estimate of drug-likeness (QED) is 0.842. The van der Waals surface area contributed by atoms with Crippen LogP contribution >= 0.6 is 0 Å². The molecule has 0 radical (unpaired) electrons. The van der Waals surface area contributed by atoms with Gasteiger partial charge in [0.1, 0.15) is 5.75 Å². The summed E-state index contributed by atoms with van der Waals surface area (Å²) in [5.41, 5.74) is 2.25. The highest BCUT2D eigenvalue weighted by Gasteiger charge is 2.19. The third-order valence-corrected chi connectivity index (χ3v) is 3.01. The summed E-state index contributed by atoms with van der Waals surface area (Å²) < 4.78 is 5.37. The molecule has 0 unspecified atom stereocenters. The van der Waals surface area contributed by atoms with Crippen molar-refractivity contribution in [1.82, 2.24) is 5.32 Å². The molecule has 1 fully saturated rings. The molecular formula is C13H16N2O. The molecule has 84 valence electrons. The van der Waals surface area contributed by atoms with E-state index >= 15 is 0 Å². The Hall–Kier alpha value is -1.53. The minimum Gasteiger partial charge on any atom is -0.496 e. The molecule has 1 aromatic carbocycles. The average molecular weight is 216 g/mol. The number of hydrogen-bond acceptors (Lipinski definition) is 3. The van der Waals surface area contributed by atoms with Crippen LogP contribution in [0.3, 0.4) is 0 Å². The molecule has 0 saturated carbocycles. The minimum atomic E-state index is 0.383. The molecule has 1 aliphatic heterocycles. The Morgan fingerprint density at radius 1 is 1.56 bits per heavy atom. The van der Waals surface area contributed by atoms with Crippen molar-refractivity contribution >= 4 is 0 Å². The van der Waals surface area contributed by atoms with Crippen LogP contribution in [-0.2, 0) is 6.42 Å². The molecular weight excluding hydrogens is 200 g/mol. The Balaban J connectivity index is 2.31. The summed E-state index contributed by atoms with van der Waals surface area (Å²) in [5.74, 6) is 0.918. The lowest BCUT2D eigenvalue weighted by atomic mass is 10.0. The molecule has 16 heavy (non-hydrogen) atoms. The van der Waals surface area contributed by atoms with Gasteiger partial charge in [0.2, 0.25) is 0 Å². The van der Waals surface area contributed by atoms with Crippen molar-refractivity contribution in [1.29, 1.82) is 5.26 Å². The zero-order valence-electron chi connectivity index (χ0n) is 9.49. The van der Waals surface area contributed by atoms with Gasteiger partial charge in [-0.3, -0.25) is 0 Å². The van der Waals surface area contributed by atoms with E-state index in [4.69, 9.17) is 10.00 Å². The lowest BCUT2D eigenvalue weighted by molar-refractivity contribution is 0.403. The van der Waals surface area contributed by atoms with Crippen LogP contribution in [0.15, 0.2) is 18.2 Å². The number of nitrogens with zero attached hydrogens (tertiary/aromatic N) is 1. The molecule has 0 aromatic heterocycles. The van der Waals surface area contributed by atoms with Gasteiger partial charge in [0.05, 0.1) is 19.6 Å². The highest BCUT2D eigenvalue weighted by atomic mass is 16.5. The Labute approximate surface area is 96.0 Å². The van der Waals surface area contributed by atoms with Gasteiger partial charge in [-0.25, -0.2) is 0 Å². The highest BCUT2D eigenvalue weighted by Crippen LogP contribution is 2.31. The summed E-state index contributed by atoms with van der Waals surface area (Å²) in [4.78, 5) is 0. The lowest BCUT2D eigenvalue weighted by Crippen LogP contribution is -2.14. The standard InChI is InChI=1S/C13H16N2O/c1-16-13-5-4-10(6-7-14)9-11(13)12-3-2-8-15-12/h4-5,9,12,15H,2-3,6,8H2,1H3/t12-/m0/s1. The maximum Gasteiger partial charge on any atom is 0.123 e. The van der Waals surface area contributed by atoms with Crippen molar-refractivity contribution in [3.05, 3.63) is 29.3 Å². The van der Waals surface area contributed by atoms with Crippen LogP contribution < -0.4 is 10.1 Å². The van der Waals surface area contributed by atoms with Gasteiger partial charge in [-0.15, -0.1) is 0 Å². The molecule has 0 aliphatic carbocycles. The number of rotatable bonds is 3. The van der Waals surface area contributed by atoms with E-state index < -0.39 is 0 Å². The molecule has 3 nitrogen and oxygen atoms in total. The minimum absolute atomic E-state index is 0.383. The second kappa shape index (κ2) is 5.00. The van der Waals surface area contributed by atoms with Gasteiger partial charge in [-0.05, 0) is 37.1 Å².